The Hall–Kier alpha value is -2.13. The highest BCUT2D eigenvalue weighted by Gasteiger charge is 2.24. The first-order valence-electron chi connectivity index (χ1n) is 4.76. The molecule has 0 saturated carbocycles. The fourth-order valence-electron chi connectivity index (χ4n) is 1.19. The normalized spacial score (nSPS) is 9.12. The first-order valence-corrected chi connectivity index (χ1v) is 4.76. The monoisotopic (exact) mass is 220 g/mol. The average Bonchev–Trinajstić information content (AvgIpc) is 2.31. The van der Waals surface area contributed by atoms with Crippen molar-refractivity contribution in [2.24, 2.45) is 0 Å². The fourth-order valence-corrected chi connectivity index (χ4v) is 1.19. The Morgan fingerprint density at radius 3 is 2.81 bits per heavy atom. The number of hydrogen-bond donors (Lipinski definition) is 0. The van der Waals surface area contributed by atoms with Gasteiger partial charge in [0, 0.05) is 0 Å². The lowest BCUT2D eigenvalue weighted by Crippen LogP contribution is -2.19. The Morgan fingerprint density at radius 2 is 2.25 bits per heavy atom. The van der Waals surface area contributed by atoms with Crippen LogP contribution in [0.25, 0.3) is 5.53 Å². The van der Waals surface area contributed by atoms with E-state index >= 15 is 0 Å². The smallest absolute Gasteiger partial charge is 0.422 e. The summed E-state index contributed by atoms with van der Waals surface area (Å²) in [6.45, 7) is 1.90. The van der Waals surface area contributed by atoms with Crippen LogP contribution < -0.4 is 4.74 Å². The lowest BCUT2D eigenvalue weighted by atomic mass is 10.1. The van der Waals surface area contributed by atoms with E-state index in [0.29, 0.717) is 11.3 Å². The number of hydrogen-bond acceptors (Lipinski definition) is 3. The van der Waals surface area contributed by atoms with Crippen molar-refractivity contribution in [2.45, 2.75) is 6.92 Å². The molecule has 1 aromatic rings. The number of carbonyl (C=O) groups excluding carboxylic acids is 1. The summed E-state index contributed by atoms with van der Waals surface area (Å²) in [6.07, 6.45) is 0. The maximum atomic E-state index is 11.4. The SMILES string of the molecule is CCOC(=O)C(=[N+]=[N-])c1cccc(OC)c1. The molecule has 0 N–H and O–H groups in total. The molecule has 1 aromatic carbocycles. The summed E-state index contributed by atoms with van der Waals surface area (Å²) < 4.78 is 9.75. The molecular weight excluding hydrogens is 208 g/mol. The first-order chi connectivity index (χ1) is 7.72. The average molecular weight is 220 g/mol. The predicted molar refractivity (Wildman–Crippen MR) is 57.4 cm³/mol. The van der Waals surface area contributed by atoms with Gasteiger partial charge in [0.15, 0.2) is 0 Å². The molecule has 0 unspecified atom stereocenters. The third kappa shape index (κ3) is 2.68. The van der Waals surface area contributed by atoms with Crippen LogP contribution in [0.4, 0.5) is 0 Å². The number of rotatable bonds is 4. The highest BCUT2D eigenvalue weighted by atomic mass is 16.5. The Balaban J connectivity index is 3.05. The molecule has 0 atom stereocenters. The molecule has 0 aliphatic carbocycles. The van der Waals surface area contributed by atoms with Crippen molar-refractivity contribution in [3.05, 3.63) is 35.4 Å². The molecule has 0 spiro atoms. The minimum Gasteiger partial charge on any atom is -0.497 e. The summed E-state index contributed by atoms with van der Waals surface area (Å²) in [5.74, 6) is -0.0961. The second-order valence-electron chi connectivity index (χ2n) is 2.90. The molecule has 5 heteroatoms. The van der Waals surface area contributed by atoms with Crippen LogP contribution in [-0.2, 0) is 9.53 Å². The number of benzene rings is 1. The van der Waals surface area contributed by atoms with E-state index < -0.39 is 5.97 Å². The van der Waals surface area contributed by atoms with Crippen LogP contribution in [0.1, 0.15) is 12.5 Å². The van der Waals surface area contributed by atoms with Gasteiger partial charge in [0.25, 0.3) is 0 Å². The molecule has 0 heterocycles. The van der Waals surface area contributed by atoms with Gasteiger partial charge in [0.2, 0.25) is 0 Å². The molecule has 84 valence electrons. The van der Waals surface area contributed by atoms with Crippen molar-refractivity contribution in [2.75, 3.05) is 13.7 Å². The number of ether oxygens (including phenoxy) is 2. The molecule has 0 aliphatic rings. The van der Waals surface area contributed by atoms with Gasteiger partial charge in [0.1, 0.15) is 5.75 Å². The van der Waals surface area contributed by atoms with Gasteiger partial charge >= 0.3 is 11.7 Å². The first kappa shape index (κ1) is 11.9. The standard InChI is InChI=1S/C11H12N2O3/c1-3-16-11(14)10(13-12)8-5-4-6-9(7-8)15-2/h4-7H,3H2,1-2H3. The van der Waals surface area contributed by atoms with Gasteiger partial charge in [0.05, 0.1) is 19.3 Å². The maximum absolute atomic E-state index is 11.4. The molecule has 0 aromatic heterocycles. The lowest BCUT2D eigenvalue weighted by Gasteiger charge is -2.01. The van der Waals surface area contributed by atoms with Gasteiger partial charge in [-0.1, -0.05) is 6.07 Å². The van der Waals surface area contributed by atoms with Gasteiger partial charge in [-0.2, -0.15) is 4.79 Å². The summed E-state index contributed by atoms with van der Waals surface area (Å²) in [5, 5.41) is 0. The minimum atomic E-state index is -0.668. The largest absolute Gasteiger partial charge is 0.497 e. The van der Waals surface area contributed by atoms with E-state index in [1.165, 1.54) is 7.11 Å². The summed E-state index contributed by atoms with van der Waals surface area (Å²) in [4.78, 5) is 14.4. The minimum absolute atomic E-state index is 0.138. The van der Waals surface area contributed by atoms with Crippen LogP contribution in [-0.4, -0.2) is 30.2 Å². The van der Waals surface area contributed by atoms with Crippen LogP contribution in [0.5, 0.6) is 5.75 Å². The number of nitrogens with zero attached hydrogens (tertiary/aromatic N) is 2. The van der Waals surface area contributed by atoms with E-state index in [2.05, 4.69) is 4.79 Å². The Bertz CT molecular complexity index is 437. The summed E-state index contributed by atoms with van der Waals surface area (Å²) in [7, 11) is 1.51. The van der Waals surface area contributed by atoms with E-state index in [4.69, 9.17) is 15.0 Å². The van der Waals surface area contributed by atoms with Crippen molar-refractivity contribution < 1.29 is 19.1 Å². The van der Waals surface area contributed by atoms with Crippen molar-refractivity contribution in [1.82, 2.24) is 0 Å². The second kappa shape index (κ2) is 5.68. The zero-order chi connectivity index (χ0) is 12.0. The molecule has 5 nitrogen and oxygen atoms in total. The quantitative estimate of drug-likeness (QED) is 0.332. The maximum Gasteiger partial charge on any atom is 0.422 e. The van der Waals surface area contributed by atoms with E-state index in [1.54, 1.807) is 31.2 Å². The van der Waals surface area contributed by atoms with E-state index in [0.717, 1.165) is 0 Å². The highest BCUT2D eigenvalue weighted by molar-refractivity contribution is 6.40. The van der Waals surface area contributed by atoms with Crippen LogP contribution in [0, 0.1) is 0 Å². The molecule has 0 fully saturated rings. The van der Waals surface area contributed by atoms with Crippen LogP contribution in [0.3, 0.4) is 0 Å². The van der Waals surface area contributed by atoms with Gasteiger partial charge in [-0.25, -0.2) is 4.79 Å². The molecule has 0 aliphatic heterocycles. The van der Waals surface area contributed by atoms with E-state index in [1.807, 2.05) is 0 Å². The van der Waals surface area contributed by atoms with Gasteiger partial charge in [-0.05, 0) is 25.1 Å². The van der Waals surface area contributed by atoms with Gasteiger partial charge in [-0.3, -0.25) is 0 Å². The molecule has 0 bridgehead atoms. The van der Waals surface area contributed by atoms with Crippen LogP contribution >= 0.6 is 0 Å². The zero-order valence-electron chi connectivity index (χ0n) is 9.14. The third-order valence-corrected chi connectivity index (χ3v) is 1.91. The van der Waals surface area contributed by atoms with Gasteiger partial charge in [-0.15, -0.1) is 0 Å². The fraction of sp³-hybridized carbons (Fsp3) is 0.273. The number of methoxy groups -OCH3 is 1. The van der Waals surface area contributed by atoms with Crippen molar-refractivity contribution >= 4 is 11.7 Å². The highest BCUT2D eigenvalue weighted by Crippen LogP contribution is 2.13. The molecule has 0 radical (unpaired) electrons. The third-order valence-electron chi connectivity index (χ3n) is 1.91. The predicted octanol–water partition coefficient (Wildman–Crippen LogP) is 1.28. The summed E-state index contributed by atoms with van der Waals surface area (Å²) in [5.41, 5.74) is 9.09. The lowest BCUT2D eigenvalue weighted by molar-refractivity contribution is -0.139. The van der Waals surface area contributed by atoms with Crippen LogP contribution in [0.2, 0.25) is 0 Å². The molecular formula is C11H12N2O3. The van der Waals surface area contributed by atoms with Crippen molar-refractivity contribution in [1.29, 1.82) is 0 Å². The van der Waals surface area contributed by atoms with Crippen molar-refractivity contribution in [3.63, 3.8) is 0 Å². The van der Waals surface area contributed by atoms with E-state index in [9.17, 15) is 4.79 Å². The second-order valence-corrected chi connectivity index (χ2v) is 2.90. The zero-order valence-corrected chi connectivity index (χ0v) is 9.14. The Kier molecular flexibility index (Phi) is 4.24. The molecule has 16 heavy (non-hydrogen) atoms. The summed E-state index contributed by atoms with van der Waals surface area (Å²) in [6, 6.07) is 6.64. The van der Waals surface area contributed by atoms with Gasteiger partial charge < -0.3 is 15.0 Å². The Morgan fingerprint density at radius 1 is 1.50 bits per heavy atom. The number of carbonyl (C=O) groups is 1. The molecule has 0 saturated heterocycles. The van der Waals surface area contributed by atoms with Crippen LogP contribution in [0.15, 0.2) is 24.3 Å². The topological polar surface area (TPSA) is 71.9 Å². The molecule has 0 amide bonds. The summed E-state index contributed by atoms with van der Waals surface area (Å²) >= 11 is 0. The number of esters is 1. The molecule has 1 rings (SSSR count). The van der Waals surface area contributed by atoms with E-state index in [-0.39, 0.29) is 12.3 Å². The van der Waals surface area contributed by atoms with Crippen molar-refractivity contribution in [3.8, 4) is 5.75 Å². The Labute approximate surface area is 93.2 Å².